The maximum absolute atomic E-state index is 13.6. The highest BCUT2D eigenvalue weighted by Crippen LogP contribution is 2.38. The molecular formula is C30H36N4O10. The quantitative estimate of drug-likeness (QED) is 0.115. The first-order valence-electron chi connectivity index (χ1n) is 14.3. The third-order valence-electron chi connectivity index (χ3n) is 6.88. The molecule has 3 aromatic rings. The van der Waals surface area contributed by atoms with Crippen LogP contribution in [0.4, 0.5) is 11.5 Å². The molecule has 1 aliphatic heterocycles. The van der Waals surface area contributed by atoms with Gasteiger partial charge in [-0.1, -0.05) is 12.1 Å². The molecule has 0 saturated carbocycles. The number of anilines is 1. The van der Waals surface area contributed by atoms with Crippen LogP contribution in [-0.2, 0) is 23.7 Å². The van der Waals surface area contributed by atoms with Crippen LogP contribution in [0.5, 0.6) is 0 Å². The topological polar surface area (TPSA) is 185 Å². The van der Waals surface area contributed by atoms with E-state index in [1.165, 1.54) is 18.4 Å². The molecule has 1 amide bonds. The molecule has 0 fully saturated rings. The number of nitrogens with zero attached hydrogens (tertiary/aromatic N) is 2. The Morgan fingerprint density at radius 2 is 1.91 bits per heavy atom. The summed E-state index contributed by atoms with van der Waals surface area (Å²) in [6.07, 6.45) is 3.78. The second-order valence-electron chi connectivity index (χ2n) is 9.76. The van der Waals surface area contributed by atoms with Crippen molar-refractivity contribution in [3.8, 4) is 0 Å². The van der Waals surface area contributed by atoms with E-state index < -0.39 is 23.0 Å². The number of allylic oxidation sites excluding steroid dienone is 1. The van der Waals surface area contributed by atoms with E-state index in [9.17, 15) is 19.7 Å². The minimum atomic E-state index is -0.849. The smallest absolute Gasteiger partial charge is 0.287 e. The minimum Gasteiger partial charge on any atom is -0.464 e. The van der Waals surface area contributed by atoms with Gasteiger partial charge in [-0.2, -0.15) is 0 Å². The molecule has 3 atom stereocenters. The molecule has 3 heterocycles. The predicted molar refractivity (Wildman–Crippen MR) is 159 cm³/mol. The third-order valence-corrected chi connectivity index (χ3v) is 6.88. The largest absolute Gasteiger partial charge is 0.464 e. The Morgan fingerprint density at radius 1 is 1.11 bits per heavy atom. The van der Waals surface area contributed by atoms with Crippen LogP contribution in [0.15, 0.2) is 69.9 Å². The summed E-state index contributed by atoms with van der Waals surface area (Å²) < 4.78 is 28.7. The second kappa shape index (κ2) is 16.5. The van der Waals surface area contributed by atoms with Crippen molar-refractivity contribution in [3.05, 3.63) is 86.6 Å². The third kappa shape index (κ3) is 8.60. The molecule has 0 aliphatic carbocycles. The Kier molecular flexibility index (Phi) is 12.2. The van der Waals surface area contributed by atoms with E-state index in [1.54, 1.807) is 30.3 Å². The lowest BCUT2D eigenvalue weighted by atomic mass is 9.81. The van der Waals surface area contributed by atoms with Crippen molar-refractivity contribution in [2.24, 2.45) is 5.92 Å². The maximum Gasteiger partial charge on any atom is 0.287 e. The van der Waals surface area contributed by atoms with E-state index in [0.717, 1.165) is 6.20 Å². The van der Waals surface area contributed by atoms with Gasteiger partial charge >= 0.3 is 0 Å². The molecule has 0 radical (unpaired) electrons. The van der Waals surface area contributed by atoms with Gasteiger partial charge in [0.25, 0.3) is 11.6 Å². The summed E-state index contributed by atoms with van der Waals surface area (Å²) in [4.78, 5) is 41.1. The number of nitrogens with one attached hydrogen (secondary N) is 2. The molecule has 44 heavy (non-hydrogen) atoms. The SMILES string of the molecule is CCO[C@H]1OC(C(=O)NCCNc2ccc([N+](=O)[O-])cn2)=C[C@@H](c2coc3ccccc3c2=O)[C@H]1CCOCCOCCO. The van der Waals surface area contributed by atoms with Gasteiger partial charge in [0.2, 0.25) is 6.29 Å². The predicted octanol–water partition coefficient (Wildman–Crippen LogP) is 2.72. The number of aliphatic hydroxyl groups is 1. The summed E-state index contributed by atoms with van der Waals surface area (Å²) in [7, 11) is 0. The number of para-hydroxylation sites is 1. The van der Waals surface area contributed by atoms with E-state index in [0.29, 0.717) is 61.7 Å². The molecule has 4 rings (SSSR count). The van der Waals surface area contributed by atoms with Crippen molar-refractivity contribution in [2.75, 3.05) is 58.0 Å². The van der Waals surface area contributed by atoms with Crippen LogP contribution in [0.2, 0.25) is 0 Å². The van der Waals surface area contributed by atoms with Crippen LogP contribution in [0.1, 0.15) is 24.8 Å². The Balaban J connectivity index is 1.50. The monoisotopic (exact) mass is 612 g/mol. The summed E-state index contributed by atoms with van der Waals surface area (Å²) in [6, 6.07) is 9.76. The number of aliphatic hydroxyl groups excluding tert-OH is 1. The number of hydrogen-bond acceptors (Lipinski definition) is 12. The highest BCUT2D eigenvalue weighted by molar-refractivity contribution is 5.91. The Morgan fingerprint density at radius 3 is 2.64 bits per heavy atom. The molecule has 0 saturated heterocycles. The first-order valence-corrected chi connectivity index (χ1v) is 14.3. The van der Waals surface area contributed by atoms with Crippen LogP contribution in [0.3, 0.4) is 0 Å². The number of amides is 1. The Bertz CT molecular complexity index is 1480. The summed E-state index contributed by atoms with van der Waals surface area (Å²) in [5, 5.41) is 25.9. The molecule has 0 spiro atoms. The molecular weight excluding hydrogens is 576 g/mol. The van der Waals surface area contributed by atoms with Crippen LogP contribution in [0.25, 0.3) is 11.0 Å². The normalized spacial score (nSPS) is 18.0. The van der Waals surface area contributed by atoms with Gasteiger partial charge in [0.05, 0.1) is 43.0 Å². The van der Waals surface area contributed by atoms with Crippen LogP contribution in [-0.4, -0.2) is 79.9 Å². The summed E-state index contributed by atoms with van der Waals surface area (Å²) >= 11 is 0. The second-order valence-corrected chi connectivity index (χ2v) is 9.76. The zero-order valence-electron chi connectivity index (χ0n) is 24.3. The van der Waals surface area contributed by atoms with Gasteiger partial charge in [-0.05, 0) is 37.6 Å². The fourth-order valence-electron chi connectivity index (χ4n) is 4.78. The number of fused-ring (bicyclic) bond motifs is 1. The van der Waals surface area contributed by atoms with E-state index >= 15 is 0 Å². The van der Waals surface area contributed by atoms with Gasteiger partial charge < -0.3 is 39.1 Å². The lowest BCUT2D eigenvalue weighted by molar-refractivity contribution is -0.385. The number of pyridine rings is 1. The number of benzene rings is 1. The summed E-state index contributed by atoms with van der Waals surface area (Å²) in [5.74, 6) is -1.05. The number of nitro groups is 1. The van der Waals surface area contributed by atoms with E-state index in [-0.39, 0.29) is 42.6 Å². The zero-order valence-corrected chi connectivity index (χ0v) is 24.3. The van der Waals surface area contributed by atoms with Gasteiger partial charge in [0.1, 0.15) is 17.6 Å². The zero-order chi connectivity index (χ0) is 31.3. The van der Waals surface area contributed by atoms with Crippen molar-refractivity contribution in [2.45, 2.75) is 25.6 Å². The Labute approximate surface area is 253 Å². The van der Waals surface area contributed by atoms with Gasteiger partial charge in [0, 0.05) is 49.8 Å². The minimum absolute atomic E-state index is 0.00374. The molecule has 236 valence electrons. The van der Waals surface area contributed by atoms with Crippen molar-refractivity contribution in [3.63, 3.8) is 0 Å². The first-order chi connectivity index (χ1) is 21.4. The van der Waals surface area contributed by atoms with Crippen LogP contribution >= 0.6 is 0 Å². The average molecular weight is 613 g/mol. The first kappa shape index (κ1) is 32.5. The number of aromatic nitrogens is 1. The molecule has 3 N–H and O–H groups in total. The van der Waals surface area contributed by atoms with E-state index in [2.05, 4.69) is 15.6 Å². The van der Waals surface area contributed by atoms with E-state index in [1.807, 2.05) is 6.92 Å². The van der Waals surface area contributed by atoms with Gasteiger partial charge in [-0.25, -0.2) is 4.98 Å². The van der Waals surface area contributed by atoms with Gasteiger partial charge in [-0.15, -0.1) is 0 Å². The van der Waals surface area contributed by atoms with Crippen molar-refractivity contribution in [1.82, 2.24) is 10.3 Å². The standard InChI is InChI=1S/C30H36N4O10/c1-2-42-30-21(9-13-40-15-16-41-14-12-35)23(24-19-43-25-6-4-3-5-22(25)28(24)36)17-26(44-30)29(37)32-11-10-31-27-8-7-20(18-33-27)34(38)39/h3-8,17-19,21,23,30,35H,2,9-16H2,1H3,(H,31,33)(H,32,37)/t21-,23-,30+/m1/s1. The van der Waals surface area contributed by atoms with Crippen molar-refractivity contribution < 1.29 is 38.2 Å². The Hall–Kier alpha value is -4.37. The highest BCUT2D eigenvalue weighted by Gasteiger charge is 2.39. The van der Waals surface area contributed by atoms with Crippen LogP contribution < -0.4 is 16.1 Å². The van der Waals surface area contributed by atoms with Crippen LogP contribution in [0, 0.1) is 16.0 Å². The summed E-state index contributed by atoms with van der Waals surface area (Å²) in [6.45, 7) is 3.71. The summed E-state index contributed by atoms with van der Waals surface area (Å²) in [5.41, 5.74) is 0.479. The lowest BCUT2D eigenvalue weighted by Gasteiger charge is -2.36. The van der Waals surface area contributed by atoms with E-state index in [4.69, 9.17) is 28.5 Å². The highest BCUT2D eigenvalue weighted by atomic mass is 16.7. The van der Waals surface area contributed by atoms with Gasteiger partial charge in [0.15, 0.2) is 11.2 Å². The molecule has 1 aliphatic rings. The van der Waals surface area contributed by atoms with Crippen molar-refractivity contribution in [1.29, 1.82) is 0 Å². The number of carbonyl (C=O) groups excluding carboxylic acids is 1. The molecule has 0 unspecified atom stereocenters. The number of hydrogen-bond donors (Lipinski definition) is 3. The van der Waals surface area contributed by atoms with Gasteiger partial charge in [-0.3, -0.25) is 19.7 Å². The van der Waals surface area contributed by atoms with Crippen molar-refractivity contribution >= 4 is 28.4 Å². The number of rotatable bonds is 17. The number of ether oxygens (including phenoxy) is 4. The molecule has 0 bridgehead atoms. The molecule has 14 heteroatoms. The maximum atomic E-state index is 13.6. The average Bonchev–Trinajstić information content (AvgIpc) is 3.03. The molecule has 1 aromatic carbocycles. The fraction of sp³-hybridized carbons (Fsp3) is 0.433. The molecule has 2 aromatic heterocycles. The molecule has 14 nitrogen and oxygen atoms in total. The lowest BCUT2D eigenvalue weighted by Crippen LogP contribution is -2.41. The fourth-order valence-corrected chi connectivity index (χ4v) is 4.78. The number of carbonyl (C=O) groups is 1.